The summed E-state index contributed by atoms with van der Waals surface area (Å²) >= 11 is 0. The van der Waals surface area contributed by atoms with E-state index < -0.39 is 6.04 Å². The largest absolute Gasteiger partial charge is 0.350 e. The Kier molecular flexibility index (Phi) is 5.40. The van der Waals surface area contributed by atoms with Crippen molar-refractivity contribution < 1.29 is 9.59 Å². The van der Waals surface area contributed by atoms with Crippen LogP contribution in [0.4, 0.5) is 0 Å². The Morgan fingerprint density at radius 1 is 1.35 bits per heavy atom. The van der Waals surface area contributed by atoms with E-state index in [-0.39, 0.29) is 24.3 Å². The second-order valence-electron chi connectivity index (χ2n) is 5.47. The lowest BCUT2D eigenvalue weighted by atomic mass is 10.0. The molecule has 122 valence electrons. The van der Waals surface area contributed by atoms with Crippen molar-refractivity contribution in [3.05, 3.63) is 36.5 Å². The van der Waals surface area contributed by atoms with Crippen LogP contribution < -0.4 is 10.6 Å². The standard InChI is InChI=1S/C15H20N6O2/c1-10(2)13(20-11(3)22)15(23)18-7-12-5-4-6-17-14(12)21-9-16-8-19-21/h4-6,8-10,13H,7H2,1-3H3,(H,18,23)(H,20,22)/t13-/m0/s1. The third-order valence-corrected chi connectivity index (χ3v) is 3.26. The van der Waals surface area contributed by atoms with E-state index in [0.717, 1.165) is 5.56 Å². The summed E-state index contributed by atoms with van der Waals surface area (Å²) in [5.41, 5.74) is 0.802. The first kappa shape index (κ1) is 16.6. The van der Waals surface area contributed by atoms with Crippen LogP contribution in [-0.2, 0) is 16.1 Å². The molecule has 8 heteroatoms. The predicted molar refractivity (Wildman–Crippen MR) is 83.4 cm³/mol. The molecule has 2 aromatic heterocycles. The third kappa shape index (κ3) is 4.35. The van der Waals surface area contributed by atoms with E-state index in [1.165, 1.54) is 17.9 Å². The molecule has 0 fully saturated rings. The van der Waals surface area contributed by atoms with E-state index in [1.807, 2.05) is 19.9 Å². The molecule has 2 rings (SSSR count). The Labute approximate surface area is 134 Å². The Morgan fingerprint density at radius 3 is 2.74 bits per heavy atom. The number of nitrogens with zero attached hydrogens (tertiary/aromatic N) is 4. The number of pyridine rings is 1. The Hall–Kier alpha value is -2.77. The Balaban J connectivity index is 2.09. The van der Waals surface area contributed by atoms with Crippen molar-refractivity contribution in [2.24, 2.45) is 5.92 Å². The zero-order valence-corrected chi connectivity index (χ0v) is 13.4. The van der Waals surface area contributed by atoms with E-state index in [1.54, 1.807) is 18.6 Å². The molecule has 0 aliphatic rings. The SMILES string of the molecule is CC(=O)N[C@H](C(=O)NCc1cccnc1-n1cncn1)C(C)C. The molecular formula is C15H20N6O2. The van der Waals surface area contributed by atoms with Gasteiger partial charge in [0.05, 0.1) is 0 Å². The number of amides is 2. The van der Waals surface area contributed by atoms with E-state index in [0.29, 0.717) is 5.82 Å². The van der Waals surface area contributed by atoms with Gasteiger partial charge in [0.2, 0.25) is 11.8 Å². The molecule has 0 bridgehead atoms. The van der Waals surface area contributed by atoms with Crippen LogP contribution >= 0.6 is 0 Å². The van der Waals surface area contributed by atoms with Gasteiger partial charge in [-0.25, -0.2) is 14.6 Å². The summed E-state index contributed by atoms with van der Waals surface area (Å²) in [5, 5.41) is 9.55. The first-order valence-corrected chi connectivity index (χ1v) is 7.32. The van der Waals surface area contributed by atoms with Crippen LogP contribution in [0.15, 0.2) is 31.0 Å². The molecule has 2 N–H and O–H groups in total. The molecule has 0 saturated heterocycles. The van der Waals surface area contributed by atoms with Crippen LogP contribution in [0.2, 0.25) is 0 Å². The van der Waals surface area contributed by atoms with Crippen LogP contribution in [-0.4, -0.2) is 37.6 Å². The van der Waals surface area contributed by atoms with Crippen LogP contribution in [0.25, 0.3) is 5.82 Å². The molecular weight excluding hydrogens is 296 g/mol. The van der Waals surface area contributed by atoms with Crippen molar-refractivity contribution in [2.75, 3.05) is 0 Å². The molecule has 0 spiro atoms. The first-order chi connectivity index (χ1) is 11.0. The fourth-order valence-electron chi connectivity index (χ4n) is 2.14. The molecule has 0 unspecified atom stereocenters. The van der Waals surface area contributed by atoms with Gasteiger partial charge >= 0.3 is 0 Å². The second-order valence-corrected chi connectivity index (χ2v) is 5.47. The number of carbonyl (C=O) groups excluding carboxylic acids is 2. The first-order valence-electron chi connectivity index (χ1n) is 7.32. The van der Waals surface area contributed by atoms with Crippen molar-refractivity contribution in [3.63, 3.8) is 0 Å². The molecule has 2 heterocycles. The smallest absolute Gasteiger partial charge is 0.243 e. The summed E-state index contributed by atoms with van der Waals surface area (Å²) in [7, 11) is 0. The summed E-state index contributed by atoms with van der Waals surface area (Å²) in [4.78, 5) is 31.7. The Bertz CT molecular complexity index is 668. The van der Waals surface area contributed by atoms with Gasteiger partial charge in [-0.3, -0.25) is 9.59 Å². The molecule has 0 saturated carbocycles. The third-order valence-electron chi connectivity index (χ3n) is 3.26. The van der Waals surface area contributed by atoms with E-state index in [9.17, 15) is 9.59 Å². The topological polar surface area (TPSA) is 102 Å². The lowest BCUT2D eigenvalue weighted by Crippen LogP contribution is -2.48. The number of hydrogen-bond donors (Lipinski definition) is 2. The number of carbonyl (C=O) groups is 2. The van der Waals surface area contributed by atoms with Crippen LogP contribution in [0.1, 0.15) is 26.3 Å². The number of hydrogen-bond acceptors (Lipinski definition) is 5. The second kappa shape index (κ2) is 7.48. The van der Waals surface area contributed by atoms with E-state index in [4.69, 9.17) is 0 Å². The molecule has 1 atom stereocenters. The summed E-state index contributed by atoms with van der Waals surface area (Å²) in [6.07, 6.45) is 4.61. The van der Waals surface area contributed by atoms with Crippen LogP contribution in [0, 0.1) is 5.92 Å². The molecule has 2 amide bonds. The highest BCUT2D eigenvalue weighted by Gasteiger charge is 2.22. The summed E-state index contributed by atoms with van der Waals surface area (Å²) in [6, 6.07) is 3.07. The number of aromatic nitrogens is 4. The fourth-order valence-corrected chi connectivity index (χ4v) is 2.14. The molecule has 23 heavy (non-hydrogen) atoms. The summed E-state index contributed by atoms with van der Waals surface area (Å²) in [5.74, 6) is 0.126. The van der Waals surface area contributed by atoms with Gasteiger partial charge in [-0.15, -0.1) is 0 Å². The monoisotopic (exact) mass is 316 g/mol. The van der Waals surface area contributed by atoms with E-state index in [2.05, 4.69) is 25.7 Å². The van der Waals surface area contributed by atoms with Crippen molar-refractivity contribution in [3.8, 4) is 5.82 Å². The average Bonchev–Trinajstić information content (AvgIpc) is 3.04. The van der Waals surface area contributed by atoms with Crippen LogP contribution in [0.5, 0.6) is 0 Å². The molecule has 0 radical (unpaired) electrons. The molecule has 0 aromatic carbocycles. The minimum Gasteiger partial charge on any atom is -0.350 e. The number of nitrogens with one attached hydrogen (secondary N) is 2. The van der Waals surface area contributed by atoms with Crippen molar-refractivity contribution in [1.29, 1.82) is 0 Å². The minimum atomic E-state index is -0.570. The van der Waals surface area contributed by atoms with Gasteiger partial charge in [0.25, 0.3) is 0 Å². The van der Waals surface area contributed by atoms with Gasteiger partial charge < -0.3 is 10.6 Å². The average molecular weight is 316 g/mol. The maximum Gasteiger partial charge on any atom is 0.243 e. The van der Waals surface area contributed by atoms with Crippen molar-refractivity contribution in [2.45, 2.75) is 33.4 Å². The van der Waals surface area contributed by atoms with Gasteiger partial charge in [-0.05, 0) is 12.0 Å². The fraction of sp³-hybridized carbons (Fsp3) is 0.400. The predicted octanol–water partition coefficient (Wildman–Crippen LogP) is 0.439. The molecule has 2 aromatic rings. The summed E-state index contributed by atoms with van der Waals surface area (Å²) in [6.45, 7) is 5.44. The minimum absolute atomic E-state index is 0.0115. The van der Waals surface area contributed by atoms with Gasteiger partial charge in [-0.2, -0.15) is 5.10 Å². The Morgan fingerprint density at radius 2 is 2.13 bits per heavy atom. The highest BCUT2D eigenvalue weighted by molar-refractivity contribution is 5.87. The normalized spacial score (nSPS) is 12.0. The zero-order valence-electron chi connectivity index (χ0n) is 13.4. The summed E-state index contributed by atoms with van der Waals surface area (Å²) < 4.78 is 1.54. The number of rotatable bonds is 6. The van der Waals surface area contributed by atoms with Gasteiger partial charge in [-0.1, -0.05) is 19.9 Å². The van der Waals surface area contributed by atoms with Gasteiger partial charge in [0, 0.05) is 25.2 Å². The van der Waals surface area contributed by atoms with Crippen LogP contribution in [0.3, 0.4) is 0 Å². The molecule has 8 nitrogen and oxygen atoms in total. The van der Waals surface area contributed by atoms with Crippen molar-refractivity contribution >= 4 is 11.8 Å². The molecule has 0 aliphatic carbocycles. The lowest BCUT2D eigenvalue weighted by Gasteiger charge is -2.21. The highest BCUT2D eigenvalue weighted by atomic mass is 16.2. The van der Waals surface area contributed by atoms with E-state index >= 15 is 0 Å². The highest BCUT2D eigenvalue weighted by Crippen LogP contribution is 2.10. The molecule has 0 aliphatic heterocycles. The van der Waals surface area contributed by atoms with Gasteiger partial charge in [0.15, 0.2) is 5.82 Å². The lowest BCUT2D eigenvalue weighted by molar-refractivity contribution is -0.129. The maximum atomic E-state index is 12.3. The quantitative estimate of drug-likeness (QED) is 0.805. The van der Waals surface area contributed by atoms with Crippen molar-refractivity contribution in [1.82, 2.24) is 30.4 Å². The maximum absolute atomic E-state index is 12.3. The van der Waals surface area contributed by atoms with Gasteiger partial charge in [0.1, 0.15) is 18.7 Å². The zero-order chi connectivity index (χ0) is 16.8.